The Morgan fingerprint density at radius 2 is 2.27 bits per heavy atom. The molecule has 1 saturated heterocycles. The third kappa shape index (κ3) is 2.26. The smallest absolute Gasteiger partial charge is 0.141 e. The predicted octanol–water partition coefficient (Wildman–Crippen LogP) is 1.29. The molecule has 0 aliphatic carbocycles. The second-order valence-corrected chi connectivity index (χ2v) is 3.83. The van der Waals surface area contributed by atoms with Crippen LogP contribution in [0.1, 0.15) is 26.7 Å². The predicted molar refractivity (Wildman–Crippen MR) is 48.6 cm³/mol. The lowest BCUT2D eigenvalue weighted by atomic mass is 9.94. The van der Waals surface area contributed by atoms with Crippen LogP contribution in [0.3, 0.4) is 0 Å². The third-order valence-corrected chi connectivity index (χ3v) is 2.22. The first kappa shape index (κ1) is 8.65. The molecular formula is C8H13NOS. The minimum atomic E-state index is 0.267. The van der Waals surface area contributed by atoms with E-state index in [1.807, 2.05) is 0 Å². The molecule has 0 amide bonds. The highest BCUT2D eigenvalue weighted by Gasteiger charge is 2.23. The van der Waals surface area contributed by atoms with E-state index in [-0.39, 0.29) is 11.8 Å². The number of Topliss-reactive ketones (excluding diaryl/α,β-unsaturated/α-hetero) is 1. The summed E-state index contributed by atoms with van der Waals surface area (Å²) in [5, 5.41) is 3.16. The number of thiocarbonyl (C=S) groups is 1. The Labute approximate surface area is 72.4 Å². The first-order valence-electron chi connectivity index (χ1n) is 3.90. The Morgan fingerprint density at radius 1 is 1.64 bits per heavy atom. The maximum absolute atomic E-state index is 11.1. The number of hydrogen-bond donors (Lipinski definition) is 1. The standard InChI is InChI=1S/C8H13NOS/c1-5(2)7-3-6(10)4-8(11)9-7/h5,7H,3-4H2,1-2H3,(H,9,11)/t7-/m0/s1. The van der Waals surface area contributed by atoms with Crippen molar-refractivity contribution in [3.8, 4) is 0 Å². The van der Waals surface area contributed by atoms with Crippen molar-refractivity contribution in [3.05, 3.63) is 0 Å². The van der Waals surface area contributed by atoms with Crippen LogP contribution in [0, 0.1) is 5.92 Å². The molecule has 1 fully saturated rings. The summed E-state index contributed by atoms with van der Waals surface area (Å²) < 4.78 is 0. The monoisotopic (exact) mass is 171 g/mol. The molecule has 11 heavy (non-hydrogen) atoms. The molecule has 0 spiro atoms. The average molecular weight is 171 g/mol. The van der Waals surface area contributed by atoms with E-state index in [1.54, 1.807) is 0 Å². The summed E-state index contributed by atoms with van der Waals surface area (Å²) >= 11 is 4.95. The van der Waals surface area contributed by atoms with Crippen molar-refractivity contribution in [3.63, 3.8) is 0 Å². The number of piperidine rings is 1. The van der Waals surface area contributed by atoms with Gasteiger partial charge in [0.2, 0.25) is 0 Å². The molecule has 1 rings (SSSR count). The highest BCUT2D eigenvalue weighted by molar-refractivity contribution is 7.80. The van der Waals surface area contributed by atoms with Crippen LogP contribution in [0.2, 0.25) is 0 Å². The molecule has 3 heteroatoms. The zero-order chi connectivity index (χ0) is 8.43. The molecule has 1 aliphatic heterocycles. The van der Waals surface area contributed by atoms with Gasteiger partial charge in [0.25, 0.3) is 0 Å². The summed E-state index contributed by atoms with van der Waals surface area (Å²) in [6, 6.07) is 0.267. The van der Waals surface area contributed by atoms with E-state index in [9.17, 15) is 4.79 Å². The number of rotatable bonds is 1. The fourth-order valence-electron chi connectivity index (χ4n) is 1.21. The summed E-state index contributed by atoms with van der Waals surface area (Å²) in [6.45, 7) is 4.19. The molecule has 0 aromatic carbocycles. The highest BCUT2D eigenvalue weighted by atomic mass is 32.1. The Morgan fingerprint density at radius 3 is 2.73 bits per heavy atom. The van der Waals surface area contributed by atoms with E-state index in [0.29, 0.717) is 23.7 Å². The van der Waals surface area contributed by atoms with Gasteiger partial charge in [0.1, 0.15) is 5.78 Å². The second-order valence-electron chi connectivity index (χ2n) is 3.34. The third-order valence-electron chi connectivity index (χ3n) is 1.96. The van der Waals surface area contributed by atoms with E-state index >= 15 is 0 Å². The molecule has 1 atom stereocenters. The Hall–Kier alpha value is -0.440. The van der Waals surface area contributed by atoms with Crippen molar-refractivity contribution >= 4 is 23.0 Å². The van der Waals surface area contributed by atoms with Crippen LogP contribution in [0.4, 0.5) is 0 Å². The Bertz CT molecular complexity index is 173. The number of ketones is 1. The van der Waals surface area contributed by atoms with Gasteiger partial charge in [-0.15, -0.1) is 0 Å². The summed E-state index contributed by atoms with van der Waals surface area (Å²) in [4.78, 5) is 11.8. The second kappa shape index (κ2) is 3.30. The van der Waals surface area contributed by atoms with Gasteiger partial charge < -0.3 is 5.32 Å². The topological polar surface area (TPSA) is 29.1 Å². The van der Waals surface area contributed by atoms with Gasteiger partial charge in [0.15, 0.2) is 0 Å². The first-order chi connectivity index (χ1) is 5.09. The number of carbonyl (C=O) groups excluding carboxylic acids is 1. The van der Waals surface area contributed by atoms with Crippen molar-refractivity contribution in [2.75, 3.05) is 0 Å². The maximum atomic E-state index is 11.1. The molecule has 1 heterocycles. The van der Waals surface area contributed by atoms with E-state index in [0.717, 1.165) is 0 Å². The van der Waals surface area contributed by atoms with Crippen LogP contribution >= 0.6 is 12.2 Å². The van der Waals surface area contributed by atoms with E-state index < -0.39 is 0 Å². The maximum Gasteiger partial charge on any atom is 0.141 e. The van der Waals surface area contributed by atoms with Gasteiger partial charge in [0, 0.05) is 12.5 Å². The van der Waals surface area contributed by atoms with Crippen LogP contribution in [0.25, 0.3) is 0 Å². The van der Waals surface area contributed by atoms with Gasteiger partial charge in [-0.1, -0.05) is 26.1 Å². The number of carbonyl (C=O) groups is 1. The van der Waals surface area contributed by atoms with E-state index in [4.69, 9.17) is 12.2 Å². The fourth-order valence-corrected chi connectivity index (χ4v) is 1.52. The average Bonchev–Trinajstić information content (AvgIpc) is 1.85. The van der Waals surface area contributed by atoms with Crippen molar-refractivity contribution in [2.45, 2.75) is 32.7 Å². The van der Waals surface area contributed by atoms with Crippen molar-refractivity contribution in [1.29, 1.82) is 0 Å². The lowest BCUT2D eigenvalue weighted by Crippen LogP contribution is -2.44. The molecule has 1 N–H and O–H groups in total. The molecule has 0 saturated carbocycles. The largest absolute Gasteiger partial charge is 0.376 e. The van der Waals surface area contributed by atoms with Gasteiger partial charge in [-0.2, -0.15) is 0 Å². The van der Waals surface area contributed by atoms with E-state index in [2.05, 4.69) is 19.2 Å². The van der Waals surface area contributed by atoms with Crippen LogP contribution in [-0.2, 0) is 4.79 Å². The molecule has 2 nitrogen and oxygen atoms in total. The molecule has 0 aromatic heterocycles. The first-order valence-corrected chi connectivity index (χ1v) is 4.31. The molecular weight excluding hydrogens is 158 g/mol. The minimum absolute atomic E-state index is 0.267. The van der Waals surface area contributed by atoms with E-state index in [1.165, 1.54) is 0 Å². The Balaban J connectivity index is 2.56. The van der Waals surface area contributed by atoms with Gasteiger partial charge in [-0.25, -0.2) is 0 Å². The van der Waals surface area contributed by atoms with Gasteiger partial charge >= 0.3 is 0 Å². The quantitative estimate of drug-likeness (QED) is 0.603. The number of hydrogen-bond acceptors (Lipinski definition) is 2. The molecule has 62 valence electrons. The van der Waals surface area contributed by atoms with Crippen molar-refractivity contribution < 1.29 is 4.79 Å². The fraction of sp³-hybridized carbons (Fsp3) is 0.750. The molecule has 1 aliphatic rings. The van der Waals surface area contributed by atoms with Crippen molar-refractivity contribution in [2.24, 2.45) is 5.92 Å². The van der Waals surface area contributed by atoms with Crippen LogP contribution in [0.15, 0.2) is 0 Å². The van der Waals surface area contributed by atoms with Gasteiger partial charge in [0.05, 0.1) is 11.4 Å². The van der Waals surface area contributed by atoms with Gasteiger partial charge in [-0.3, -0.25) is 4.79 Å². The lowest BCUT2D eigenvalue weighted by molar-refractivity contribution is -0.119. The van der Waals surface area contributed by atoms with Gasteiger partial charge in [-0.05, 0) is 5.92 Å². The zero-order valence-electron chi connectivity index (χ0n) is 6.89. The normalized spacial score (nSPS) is 25.5. The lowest BCUT2D eigenvalue weighted by Gasteiger charge is -2.27. The summed E-state index contributed by atoms with van der Waals surface area (Å²) in [7, 11) is 0. The summed E-state index contributed by atoms with van der Waals surface area (Å²) in [5.41, 5.74) is 0. The number of nitrogens with one attached hydrogen (secondary N) is 1. The van der Waals surface area contributed by atoms with Crippen LogP contribution in [-0.4, -0.2) is 16.8 Å². The SMILES string of the molecule is CC(C)[C@@H]1CC(=O)CC(=S)N1. The highest BCUT2D eigenvalue weighted by Crippen LogP contribution is 2.12. The Kier molecular flexibility index (Phi) is 2.60. The molecule has 0 aromatic rings. The minimum Gasteiger partial charge on any atom is -0.376 e. The molecule has 0 radical (unpaired) electrons. The van der Waals surface area contributed by atoms with Crippen molar-refractivity contribution in [1.82, 2.24) is 5.32 Å². The zero-order valence-corrected chi connectivity index (χ0v) is 7.70. The molecule has 0 unspecified atom stereocenters. The summed E-state index contributed by atoms with van der Waals surface area (Å²) in [5.74, 6) is 0.754. The molecule has 0 bridgehead atoms. The summed E-state index contributed by atoms with van der Waals surface area (Å²) in [6.07, 6.45) is 1.08. The van der Waals surface area contributed by atoms with Crippen LogP contribution < -0.4 is 5.32 Å². The van der Waals surface area contributed by atoms with Crippen LogP contribution in [0.5, 0.6) is 0 Å².